The van der Waals surface area contributed by atoms with Gasteiger partial charge in [0.1, 0.15) is 23.5 Å². The Morgan fingerprint density at radius 3 is 2.62 bits per heavy atom. The third kappa shape index (κ3) is 2.07. The quantitative estimate of drug-likeness (QED) is 0.626. The van der Waals surface area contributed by atoms with Crippen LogP contribution in [0.2, 0.25) is 0 Å². The second kappa shape index (κ2) is 5.10. The summed E-state index contributed by atoms with van der Waals surface area (Å²) in [5, 5.41) is 0.805. The van der Waals surface area contributed by atoms with Crippen LogP contribution in [0.15, 0.2) is 33.5 Å². The average molecular weight is 328 g/mol. The number of rotatable bonds is 2. The van der Waals surface area contributed by atoms with Crippen molar-refractivity contribution in [2.45, 2.75) is 51.2 Å². The lowest BCUT2D eigenvalue weighted by atomic mass is 9.75. The Kier molecular flexibility index (Phi) is 3.24. The van der Waals surface area contributed by atoms with Crippen LogP contribution in [-0.2, 0) is 14.9 Å². The predicted molar refractivity (Wildman–Crippen MR) is 88.2 cm³/mol. The number of para-hydroxylation sites is 1. The van der Waals surface area contributed by atoms with Gasteiger partial charge in [-0.15, -0.1) is 0 Å². The lowest BCUT2D eigenvalue weighted by Crippen LogP contribution is -2.39. The highest BCUT2D eigenvalue weighted by molar-refractivity contribution is 5.85. The van der Waals surface area contributed by atoms with E-state index in [0.29, 0.717) is 29.7 Å². The van der Waals surface area contributed by atoms with E-state index in [9.17, 15) is 9.59 Å². The number of carbonyl (C=O) groups is 1. The third-order valence-corrected chi connectivity index (χ3v) is 5.48. The molecule has 0 bridgehead atoms. The third-order valence-electron chi connectivity index (χ3n) is 5.48. The molecule has 1 saturated heterocycles. The zero-order chi connectivity index (χ0) is 17.1. The summed E-state index contributed by atoms with van der Waals surface area (Å²) in [6.07, 6.45) is 0.839. The van der Waals surface area contributed by atoms with Crippen molar-refractivity contribution in [3.05, 3.63) is 40.2 Å². The minimum Gasteiger partial charge on any atom is -0.488 e. The Morgan fingerprint density at radius 2 is 1.92 bits per heavy atom. The van der Waals surface area contributed by atoms with E-state index in [-0.39, 0.29) is 29.7 Å². The molecular formula is C19H20O5. The van der Waals surface area contributed by atoms with E-state index in [0.717, 1.165) is 5.39 Å². The van der Waals surface area contributed by atoms with Crippen LogP contribution in [0.4, 0.5) is 0 Å². The first-order chi connectivity index (χ1) is 11.4. The summed E-state index contributed by atoms with van der Waals surface area (Å²) in [4.78, 5) is 24.3. The van der Waals surface area contributed by atoms with Crippen molar-refractivity contribution in [3.8, 4) is 5.75 Å². The molecular weight excluding hydrogens is 308 g/mol. The van der Waals surface area contributed by atoms with Crippen LogP contribution in [0.5, 0.6) is 5.75 Å². The summed E-state index contributed by atoms with van der Waals surface area (Å²) in [5.74, 6) is 0.346. The van der Waals surface area contributed by atoms with E-state index in [1.54, 1.807) is 6.07 Å². The smallest absolute Gasteiger partial charge is 0.343 e. The number of ether oxygens (including phenoxy) is 2. The molecule has 1 aromatic heterocycles. The number of carbonyl (C=O) groups excluding carboxylic acids is 1. The minimum atomic E-state index is -0.547. The maximum Gasteiger partial charge on any atom is 0.343 e. The van der Waals surface area contributed by atoms with Gasteiger partial charge in [0.25, 0.3) is 0 Å². The molecule has 1 fully saturated rings. The van der Waals surface area contributed by atoms with Crippen LogP contribution < -0.4 is 10.4 Å². The monoisotopic (exact) mass is 328 g/mol. The molecule has 0 N–H and O–H groups in total. The van der Waals surface area contributed by atoms with Gasteiger partial charge in [-0.05, 0) is 31.9 Å². The van der Waals surface area contributed by atoms with Gasteiger partial charge in [-0.25, -0.2) is 4.79 Å². The van der Waals surface area contributed by atoms with Crippen molar-refractivity contribution in [2.24, 2.45) is 5.92 Å². The molecule has 5 nitrogen and oxygen atoms in total. The Balaban J connectivity index is 1.81. The molecule has 0 radical (unpaired) electrons. The van der Waals surface area contributed by atoms with Crippen molar-refractivity contribution in [1.29, 1.82) is 0 Å². The van der Waals surface area contributed by atoms with Gasteiger partial charge in [0.05, 0.1) is 16.9 Å². The Hall–Kier alpha value is -2.30. The summed E-state index contributed by atoms with van der Waals surface area (Å²) >= 11 is 0. The van der Waals surface area contributed by atoms with E-state index in [2.05, 4.69) is 0 Å². The average Bonchev–Trinajstić information content (AvgIpc) is 2.97. The van der Waals surface area contributed by atoms with Gasteiger partial charge in [0.15, 0.2) is 0 Å². The normalized spacial score (nSPS) is 31.8. The van der Waals surface area contributed by atoms with Gasteiger partial charge in [-0.3, -0.25) is 4.79 Å². The van der Waals surface area contributed by atoms with Crippen LogP contribution in [0.25, 0.3) is 11.0 Å². The number of cyclic esters (lactones) is 1. The molecule has 4 atom stereocenters. The molecule has 0 spiro atoms. The van der Waals surface area contributed by atoms with Crippen molar-refractivity contribution >= 4 is 16.9 Å². The molecule has 24 heavy (non-hydrogen) atoms. The van der Waals surface area contributed by atoms with E-state index in [1.807, 2.05) is 39.0 Å². The second-order valence-electron chi connectivity index (χ2n) is 7.17. The van der Waals surface area contributed by atoms with Crippen LogP contribution in [-0.4, -0.2) is 18.2 Å². The molecule has 1 aromatic carbocycles. The fraction of sp³-hybridized carbons (Fsp3) is 0.474. The highest BCUT2D eigenvalue weighted by Gasteiger charge is 2.49. The fourth-order valence-corrected chi connectivity index (χ4v) is 3.93. The molecule has 0 aliphatic carbocycles. The molecule has 126 valence electrons. The largest absolute Gasteiger partial charge is 0.488 e. The van der Waals surface area contributed by atoms with E-state index >= 15 is 0 Å². The molecule has 2 aliphatic rings. The Labute approximate surface area is 139 Å². The maximum absolute atomic E-state index is 12.6. The molecule has 2 aliphatic heterocycles. The molecule has 4 rings (SSSR count). The van der Waals surface area contributed by atoms with Gasteiger partial charge in [0, 0.05) is 5.41 Å². The molecule has 0 amide bonds. The molecule has 3 heterocycles. The van der Waals surface area contributed by atoms with E-state index in [1.165, 1.54) is 0 Å². The molecule has 0 saturated carbocycles. The fourth-order valence-electron chi connectivity index (χ4n) is 3.93. The van der Waals surface area contributed by atoms with Gasteiger partial charge >= 0.3 is 11.6 Å². The van der Waals surface area contributed by atoms with E-state index < -0.39 is 5.41 Å². The first kappa shape index (κ1) is 15.2. The summed E-state index contributed by atoms with van der Waals surface area (Å²) in [7, 11) is 0. The lowest BCUT2D eigenvalue weighted by Gasteiger charge is -2.29. The number of hydrogen-bond donors (Lipinski definition) is 0. The van der Waals surface area contributed by atoms with Crippen molar-refractivity contribution < 1.29 is 18.7 Å². The standard InChI is InChI=1S/C19H20O5/c1-10-8-12(23-17(10)20)9-19(3)11(2)22-16-13-6-4-5-7-14(13)24-18(21)15(16)19/h4-7,10-12H,8-9H2,1-3H3/t10-,11?,12?,19-/m0/s1. The number of esters is 1. The summed E-state index contributed by atoms with van der Waals surface area (Å²) in [6.45, 7) is 5.81. The van der Waals surface area contributed by atoms with Gasteiger partial charge in [-0.2, -0.15) is 0 Å². The first-order valence-electron chi connectivity index (χ1n) is 8.33. The molecule has 5 heteroatoms. The number of hydrogen-bond acceptors (Lipinski definition) is 5. The van der Waals surface area contributed by atoms with E-state index in [4.69, 9.17) is 13.9 Å². The van der Waals surface area contributed by atoms with Crippen molar-refractivity contribution in [2.75, 3.05) is 0 Å². The molecule has 2 aromatic rings. The summed E-state index contributed by atoms with van der Waals surface area (Å²) in [6, 6.07) is 7.38. The minimum absolute atomic E-state index is 0.0938. The zero-order valence-corrected chi connectivity index (χ0v) is 14.0. The topological polar surface area (TPSA) is 65.7 Å². The number of benzene rings is 1. The van der Waals surface area contributed by atoms with Crippen LogP contribution in [0.1, 0.15) is 39.2 Å². The summed E-state index contributed by atoms with van der Waals surface area (Å²) in [5.41, 5.74) is 0.172. The molecule has 2 unspecified atom stereocenters. The SMILES string of the molecule is CC1Oc2c(c(=O)oc3ccccc23)[C@@]1(C)CC1C[C@H](C)C(=O)O1. The first-order valence-corrected chi connectivity index (χ1v) is 8.33. The van der Waals surface area contributed by atoms with Gasteiger partial charge < -0.3 is 13.9 Å². The Morgan fingerprint density at radius 1 is 1.17 bits per heavy atom. The van der Waals surface area contributed by atoms with Crippen LogP contribution in [0.3, 0.4) is 0 Å². The predicted octanol–water partition coefficient (Wildman–Crippen LogP) is 3.17. The van der Waals surface area contributed by atoms with Crippen molar-refractivity contribution in [1.82, 2.24) is 0 Å². The summed E-state index contributed by atoms with van der Waals surface area (Å²) < 4.78 is 17.1. The lowest BCUT2D eigenvalue weighted by molar-refractivity contribution is -0.144. The highest BCUT2D eigenvalue weighted by atomic mass is 16.6. The van der Waals surface area contributed by atoms with Gasteiger partial charge in [0.2, 0.25) is 0 Å². The van der Waals surface area contributed by atoms with Crippen LogP contribution in [0, 0.1) is 5.92 Å². The number of fused-ring (bicyclic) bond motifs is 3. The Bertz CT molecular complexity index is 883. The zero-order valence-electron chi connectivity index (χ0n) is 14.0. The van der Waals surface area contributed by atoms with Crippen LogP contribution >= 0.6 is 0 Å². The van der Waals surface area contributed by atoms with Crippen molar-refractivity contribution in [3.63, 3.8) is 0 Å². The maximum atomic E-state index is 12.6. The van der Waals surface area contributed by atoms with Gasteiger partial charge in [-0.1, -0.05) is 26.0 Å². The second-order valence-corrected chi connectivity index (χ2v) is 7.17. The highest BCUT2D eigenvalue weighted by Crippen LogP contribution is 2.48.